The lowest BCUT2D eigenvalue weighted by atomic mass is 10.0. The molecule has 0 aliphatic rings. The van der Waals surface area contributed by atoms with Crippen molar-refractivity contribution in [1.82, 2.24) is 4.98 Å². The van der Waals surface area contributed by atoms with E-state index in [0.717, 1.165) is 5.69 Å². The molecular formula is C16H17N3O3S. The van der Waals surface area contributed by atoms with Crippen molar-refractivity contribution in [3.8, 4) is 0 Å². The van der Waals surface area contributed by atoms with E-state index in [0.29, 0.717) is 10.9 Å². The summed E-state index contributed by atoms with van der Waals surface area (Å²) in [7, 11) is 0. The highest BCUT2D eigenvalue weighted by Gasteiger charge is 2.08. The molecule has 0 saturated heterocycles. The van der Waals surface area contributed by atoms with Gasteiger partial charge in [-0.1, -0.05) is 37.7 Å². The van der Waals surface area contributed by atoms with Crippen molar-refractivity contribution in [3.05, 3.63) is 58.3 Å². The lowest BCUT2D eigenvalue weighted by Gasteiger charge is -2.08. The Labute approximate surface area is 138 Å². The summed E-state index contributed by atoms with van der Waals surface area (Å²) >= 11 is 1.23. The smallest absolute Gasteiger partial charge is 0.287 e. The van der Waals surface area contributed by atoms with Crippen LogP contribution in [-0.2, 0) is 4.79 Å². The number of hydrogen-bond acceptors (Lipinski definition) is 5. The van der Waals surface area contributed by atoms with Crippen LogP contribution in [0.4, 0.5) is 11.4 Å². The minimum atomic E-state index is -0.505. The van der Waals surface area contributed by atoms with Crippen LogP contribution in [0.15, 0.2) is 47.6 Å². The molecule has 0 radical (unpaired) electrons. The molecule has 0 atom stereocenters. The van der Waals surface area contributed by atoms with Gasteiger partial charge in [0.05, 0.1) is 15.7 Å². The summed E-state index contributed by atoms with van der Waals surface area (Å²) in [5, 5.41) is 13.9. The summed E-state index contributed by atoms with van der Waals surface area (Å²) in [4.78, 5) is 25.9. The van der Waals surface area contributed by atoms with Gasteiger partial charge in [0.25, 0.3) is 5.69 Å². The van der Waals surface area contributed by atoms with Crippen LogP contribution in [0, 0.1) is 10.1 Å². The third-order valence-electron chi connectivity index (χ3n) is 3.14. The Morgan fingerprint density at radius 2 is 1.96 bits per heavy atom. The third kappa shape index (κ3) is 5.07. The number of nitrogens with one attached hydrogen (secondary N) is 1. The van der Waals surface area contributed by atoms with E-state index in [4.69, 9.17) is 0 Å². The SMILES string of the molecule is CC(C)c1ccc(NC(=O)CSc2ccc([N+](=O)[O-])cn2)cc1. The van der Waals surface area contributed by atoms with Gasteiger partial charge in [-0.15, -0.1) is 0 Å². The normalized spacial score (nSPS) is 10.6. The van der Waals surface area contributed by atoms with Gasteiger partial charge in [0.15, 0.2) is 0 Å². The largest absolute Gasteiger partial charge is 0.325 e. The molecule has 1 amide bonds. The molecule has 7 heteroatoms. The second-order valence-electron chi connectivity index (χ2n) is 5.23. The van der Waals surface area contributed by atoms with Crippen LogP contribution in [0.5, 0.6) is 0 Å². The number of hydrogen-bond donors (Lipinski definition) is 1. The summed E-state index contributed by atoms with van der Waals surface area (Å²) < 4.78 is 0. The van der Waals surface area contributed by atoms with Crippen molar-refractivity contribution in [2.45, 2.75) is 24.8 Å². The summed E-state index contributed by atoms with van der Waals surface area (Å²) in [5.41, 5.74) is 1.90. The maximum atomic E-state index is 11.9. The lowest BCUT2D eigenvalue weighted by molar-refractivity contribution is -0.385. The first kappa shape index (κ1) is 17.0. The van der Waals surface area contributed by atoms with Crippen LogP contribution in [0.2, 0.25) is 0 Å². The first-order valence-corrected chi connectivity index (χ1v) is 8.07. The third-order valence-corrected chi connectivity index (χ3v) is 4.09. The quantitative estimate of drug-likeness (QED) is 0.494. The van der Waals surface area contributed by atoms with E-state index in [2.05, 4.69) is 24.1 Å². The molecule has 1 aromatic carbocycles. The fraction of sp³-hybridized carbons (Fsp3) is 0.250. The van der Waals surface area contributed by atoms with E-state index in [1.54, 1.807) is 0 Å². The molecule has 0 aliphatic heterocycles. The standard InChI is InChI=1S/C16H17N3O3S/c1-11(2)12-3-5-13(6-4-12)18-15(20)10-23-16-8-7-14(9-17-16)19(21)22/h3-9,11H,10H2,1-2H3,(H,18,20). The zero-order valence-corrected chi connectivity index (χ0v) is 13.7. The first-order valence-electron chi connectivity index (χ1n) is 7.09. The number of aromatic nitrogens is 1. The Hall–Kier alpha value is -2.41. The van der Waals surface area contributed by atoms with Gasteiger partial charge in [-0.25, -0.2) is 4.98 Å². The molecule has 1 heterocycles. The molecule has 1 N–H and O–H groups in total. The molecule has 23 heavy (non-hydrogen) atoms. The molecule has 6 nitrogen and oxygen atoms in total. The van der Waals surface area contributed by atoms with Crippen molar-refractivity contribution in [1.29, 1.82) is 0 Å². The van der Waals surface area contributed by atoms with E-state index in [1.807, 2.05) is 24.3 Å². The predicted molar refractivity (Wildman–Crippen MR) is 90.8 cm³/mol. The van der Waals surface area contributed by atoms with Crippen molar-refractivity contribution < 1.29 is 9.72 Å². The molecular weight excluding hydrogens is 314 g/mol. The van der Waals surface area contributed by atoms with Crippen LogP contribution in [0.3, 0.4) is 0 Å². The van der Waals surface area contributed by atoms with Gasteiger partial charge in [-0.05, 0) is 29.7 Å². The number of carbonyl (C=O) groups is 1. The number of amides is 1. The molecule has 1 aromatic heterocycles. The van der Waals surface area contributed by atoms with Gasteiger partial charge >= 0.3 is 0 Å². The molecule has 0 fully saturated rings. The minimum absolute atomic E-state index is 0.0657. The number of rotatable bonds is 6. The van der Waals surface area contributed by atoms with Crippen molar-refractivity contribution in [2.24, 2.45) is 0 Å². The number of carbonyl (C=O) groups excluding carboxylic acids is 1. The predicted octanol–water partition coefficient (Wildman–Crippen LogP) is 3.84. The maximum Gasteiger partial charge on any atom is 0.287 e. The van der Waals surface area contributed by atoms with E-state index in [9.17, 15) is 14.9 Å². The molecule has 2 rings (SSSR count). The monoisotopic (exact) mass is 331 g/mol. The van der Waals surface area contributed by atoms with E-state index in [1.165, 1.54) is 35.7 Å². The highest BCUT2D eigenvalue weighted by molar-refractivity contribution is 7.99. The second-order valence-corrected chi connectivity index (χ2v) is 6.22. The summed E-state index contributed by atoms with van der Waals surface area (Å²) in [6.45, 7) is 4.23. The minimum Gasteiger partial charge on any atom is -0.325 e. The summed E-state index contributed by atoms with van der Waals surface area (Å²) in [5.74, 6) is 0.493. The van der Waals surface area contributed by atoms with Gasteiger partial charge in [0.2, 0.25) is 5.91 Å². The zero-order chi connectivity index (χ0) is 16.8. The molecule has 120 valence electrons. The Balaban J connectivity index is 1.86. The van der Waals surface area contributed by atoms with E-state index in [-0.39, 0.29) is 17.3 Å². The zero-order valence-electron chi connectivity index (χ0n) is 12.9. The van der Waals surface area contributed by atoms with Gasteiger partial charge < -0.3 is 5.32 Å². The molecule has 0 spiro atoms. The molecule has 0 unspecified atom stereocenters. The molecule has 0 aliphatic carbocycles. The highest BCUT2D eigenvalue weighted by atomic mass is 32.2. The number of pyridine rings is 1. The maximum absolute atomic E-state index is 11.9. The fourth-order valence-corrected chi connectivity index (χ4v) is 2.50. The van der Waals surface area contributed by atoms with E-state index < -0.39 is 4.92 Å². The highest BCUT2D eigenvalue weighted by Crippen LogP contribution is 2.20. The average molecular weight is 331 g/mol. The summed E-state index contributed by atoms with van der Waals surface area (Å²) in [6.07, 6.45) is 1.19. The van der Waals surface area contributed by atoms with Crippen molar-refractivity contribution in [3.63, 3.8) is 0 Å². The Morgan fingerprint density at radius 1 is 1.26 bits per heavy atom. The fourth-order valence-electron chi connectivity index (χ4n) is 1.85. The Bertz CT molecular complexity index is 685. The van der Waals surface area contributed by atoms with Gasteiger partial charge in [-0.2, -0.15) is 0 Å². The lowest BCUT2D eigenvalue weighted by Crippen LogP contribution is -2.14. The Morgan fingerprint density at radius 3 is 2.48 bits per heavy atom. The summed E-state index contributed by atoms with van der Waals surface area (Å²) in [6, 6.07) is 10.6. The van der Waals surface area contributed by atoms with Crippen molar-refractivity contribution in [2.75, 3.05) is 11.1 Å². The number of anilines is 1. The van der Waals surface area contributed by atoms with Crippen LogP contribution < -0.4 is 5.32 Å². The number of nitro groups is 1. The van der Waals surface area contributed by atoms with Crippen LogP contribution in [0.25, 0.3) is 0 Å². The van der Waals surface area contributed by atoms with Crippen molar-refractivity contribution >= 4 is 29.0 Å². The van der Waals surface area contributed by atoms with Gasteiger partial charge in [0, 0.05) is 11.8 Å². The second kappa shape index (κ2) is 7.73. The molecule has 0 bridgehead atoms. The Kier molecular flexibility index (Phi) is 5.70. The van der Waals surface area contributed by atoms with Crippen LogP contribution in [0.1, 0.15) is 25.3 Å². The van der Waals surface area contributed by atoms with Gasteiger partial charge in [-0.3, -0.25) is 14.9 Å². The number of thioether (sulfide) groups is 1. The average Bonchev–Trinajstić information content (AvgIpc) is 2.54. The first-order chi connectivity index (χ1) is 11.0. The topological polar surface area (TPSA) is 85.1 Å². The number of benzene rings is 1. The molecule has 2 aromatic rings. The van der Waals surface area contributed by atoms with Crippen LogP contribution in [-0.4, -0.2) is 21.6 Å². The molecule has 0 saturated carbocycles. The van der Waals surface area contributed by atoms with E-state index >= 15 is 0 Å². The number of nitrogens with zero attached hydrogens (tertiary/aromatic N) is 2. The van der Waals surface area contributed by atoms with Gasteiger partial charge in [0.1, 0.15) is 6.20 Å². The van der Waals surface area contributed by atoms with Crippen LogP contribution >= 0.6 is 11.8 Å².